The summed E-state index contributed by atoms with van der Waals surface area (Å²) in [6, 6.07) is 6.58. The molecule has 2 N–H and O–H groups in total. The standard InChI is InChI=1S/C15H13NO6S2/c1-8(9-2-4-10(5-3-9)22-7-12(19)20)13-14(21)16(6-11(17)18)15(23)24-13/h2-5H,6-7H2,1H3,(H,17,18)(H,19,20). The number of rotatable bonds is 6. The van der Waals surface area contributed by atoms with E-state index in [9.17, 15) is 14.4 Å². The van der Waals surface area contributed by atoms with E-state index >= 15 is 0 Å². The van der Waals surface area contributed by atoms with Crippen molar-refractivity contribution in [1.82, 2.24) is 4.90 Å². The Morgan fingerprint density at radius 2 is 1.83 bits per heavy atom. The molecule has 0 aliphatic carbocycles. The third-order valence-corrected chi connectivity index (χ3v) is 4.68. The molecule has 24 heavy (non-hydrogen) atoms. The second kappa shape index (κ2) is 7.45. The summed E-state index contributed by atoms with van der Waals surface area (Å²) in [6.45, 7) is 0.829. The molecule has 9 heteroatoms. The van der Waals surface area contributed by atoms with Crippen LogP contribution in [0.4, 0.5) is 0 Å². The van der Waals surface area contributed by atoms with Gasteiger partial charge in [0.2, 0.25) is 0 Å². The predicted octanol–water partition coefficient (Wildman–Crippen LogP) is 1.83. The van der Waals surface area contributed by atoms with Crippen molar-refractivity contribution in [3.8, 4) is 5.75 Å². The number of thiocarbonyl (C=S) groups is 1. The SMILES string of the molecule is CC(=C1SC(=S)N(CC(=O)O)C1=O)c1ccc(OCC(=O)O)cc1. The predicted molar refractivity (Wildman–Crippen MR) is 91.7 cm³/mol. The topological polar surface area (TPSA) is 104 Å². The number of hydrogen-bond acceptors (Lipinski definition) is 6. The fourth-order valence-corrected chi connectivity index (χ4v) is 3.28. The maximum atomic E-state index is 12.3. The molecule has 0 bridgehead atoms. The van der Waals surface area contributed by atoms with Crippen LogP contribution in [0.1, 0.15) is 12.5 Å². The van der Waals surface area contributed by atoms with Gasteiger partial charge in [0.15, 0.2) is 6.61 Å². The minimum absolute atomic E-state index is 0.207. The average molecular weight is 367 g/mol. The van der Waals surface area contributed by atoms with E-state index in [-0.39, 0.29) is 4.32 Å². The van der Waals surface area contributed by atoms with Gasteiger partial charge in [0.05, 0.1) is 4.91 Å². The Morgan fingerprint density at radius 1 is 1.21 bits per heavy atom. The second-order valence-corrected chi connectivity index (χ2v) is 6.46. The molecule has 1 fully saturated rings. The minimum Gasteiger partial charge on any atom is -0.482 e. The van der Waals surface area contributed by atoms with Gasteiger partial charge in [-0.1, -0.05) is 36.1 Å². The summed E-state index contributed by atoms with van der Waals surface area (Å²) in [6.07, 6.45) is 0. The number of allylic oxidation sites excluding steroid dienone is 1. The van der Waals surface area contributed by atoms with Crippen molar-refractivity contribution in [3.05, 3.63) is 34.7 Å². The molecule has 126 valence electrons. The third-order valence-electron chi connectivity index (χ3n) is 3.13. The first kappa shape index (κ1) is 18.0. The van der Waals surface area contributed by atoms with E-state index in [1.165, 1.54) is 0 Å². The van der Waals surface area contributed by atoms with Crippen LogP contribution in [0.5, 0.6) is 5.75 Å². The van der Waals surface area contributed by atoms with Crippen LogP contribution in [0.3, 0.4) is 0 Å². The first-order chi connectivity index (χ1) is 11.3. The van der Waals surface area contributed by atoms with Crippen LogP contribution in [0.15, 0.2) is 29.2 Å². The lowest BCUT2D eigenvalue weighted by Crippen LogP contribution is -2.33. The zero-order chi connectivity index (χ0) is 17.9. The van der Waals surface area contributed by atoms with Gasteiger partial charge in [0.25, 0.3) is 5.91 Å². The lowest BCUT2D eigenvalue weighted by Gasteiger charge is -2.11. The summed E-state index contributed by atoms with van der Waals surface area (Å²) >= 11 is 6.12. The molecule has 0 aromatic heterocycles. The fourth-order valence-electron chi connectivity index (χ4n) is 1.98. The van der Waals surface area contributed by atoms with Crippen molar-refractivity contribution in [1.29, 1.82) is 0 Å². The molecule has 1 aromatic rings. The minimum atomic E-state index is -1.13. The Hall–Kier alpha value is -2.39. The van der Waals surface area contributed by atoms with Crippen LogP contribution in [0.2, 0.25) is 0 Å². The van der Waals surface area contributed by atoms with Gasteiger partial charge in [-0.2, -0.15) is 0 Å². The number of hydrogen-bond donors (Lipinski definition) is 2. The normalized spacial score (nSPS) is 16.3. The van der Waals surface area contributed by atoms with Crippen molar-refractivity contribution in [2.45, 2.75) is 6.92 Å². The van der Waals surface area contributed by atoms with Gasteiger partial charge < -0.3 is 14.9 Å². The van der Waals surface area contributed by atoms with Crippen LogP contribution in [0, 0.1) is 0 Å². The number of thioether (sulfide) groups is 1. The van der Waals surface area contributed by atoms with E-state index in [1.807, 2.05) is 0 Å². The number of carboxylic acids is 2. The van der Waals surface area contributed by atoms with Gasteiger partial charge in [-0.05, 0) is 30.2 Å². The third kappa shape index (κ3) is 4.12. The molecule has 0 saturated carbocycles. The summed E-state index contributed by atoms with van der Waals surface area (Å²) < 4.78 is 5.25. The van der Waals surface area contributed by atoms with Crippen molar-refractivity contribution in [2.75, 3.05) is 13.2 Å². The molecule has 1 aromatic carbocycles. The van der Waals surface area contributed by atoms with Gasteiger partial charge in [0, 0.05) is 0 Å². The summed E-state index contributed by atoms with van der Waals surface area (Å²) in [5.41, 5.74) is 1.39. The highest BCUT2D eigenvalue weighted by Crippen LogP contribution is 2.36. The van der Waals surface area contributed by atoms with E-state index < -0.39 is 31.0 Å². The number of nitrogens with zero attached hydrogens (tertiary/aromatic N) is 1. The second-order valence-electron chi connectivity index (χ2n) is 4.81. The highest BCUT2D eigenvalue weighted by molar-refractivity contribution is 8.26. The average Bonchev–Trinajstić information content (AvgIpc) is 2.80. The number of carbonyl (C=O) groups is 3. The Morgan fingerprint density at radius 3 is 2.38 bits per heavy atom. The number of aliphatic carboxylic acids is 2. The van der Waals surface area contributed by atoms with Gasteiger partial charge in [-0.15, -0.1) is 0 Å². The van der Waals surface area contributed by atoms with E-state index in [2.05, 4.69) is 0 Å². The molecule has 2 rings (SSSR count). The molecule has 0 radical (unpaired) electrons. The van der Waals surface area contributed by atoms with Crippen molar-refractivity contribution in [2.24, 2.45) is 0 Å². The summed E-state index contributed by atoms with van der Waals surface area (Å²) in [5, 5.41) is 17.4. The zero-order valence-corrected chi connectivity index (χ0v) is 14.1. The highest BCUT2D eigenvalue weighted by Gasteiger charge is 2.34. The molecule has 1 saturated heterocycles. The number of amides is 1. The van der Waals surface area contributed by atoms with Gasteiger partial charge in [0.1, 0.15) is 16.6 Å². The first-order valence-corrected chi connectivity index (χ1v) is 7.93. The van der Waals surface area contributed by atoms with Crippen molar-refractivity contribution < 1.29 is 29.3 Å². The maximum Gasteiger partial charge on any atom is 0.341 e. The van der Waals surface area contributed by atoms with Crippen LogP contribution in [-0.4, -0.2) is 50.4 Å². The van der Waals surface area contributed by atoms with Crippen LogP contribution >= 0.6 is 24.0 Å². The van der Waals surface area contributed by atoms with E-state index in [4.69, 9.17) is 27.2 Å². The smallest absolute Gasteiger partial charge is 0.341 e. The largest absolute Gasteiger partial charge is 0.482 e. The summed E-state index contributed by atoms with van der Waals surface area (Å²) in [5.74, 6) is -2.24. The molecule has 1 aliphatic heterocycles. The fraction of sp³-hybridized carbons (Fsp3) is 0.200. The van der Waals surface area contributed by atoms with E-state index in [0.717, 1.165) is 22.2 Å². The van der Waals surface area contributed by atoms with Crippen LogP contribution in [-0.2, 0) is 14.4 Å². The highest BCUT2D eigenvalue weighted by atomic mass is 32.2. The molecule has 1 heterocycles. The van der Waals surface area contributed by atoms with Gasteiger partial charge in [-0.3, -0.25) is 14.5 Å². The monoisotopic (exact) mass is 367 g/mol. The Bertz CT molecular complexity index is 741. The zero-order valence-electron chi connectivity index (χ0n) is 12.5. The maximum absolute atomic E-state index is 12.3. The molecular formula is C15H13NO6S2. The number of carboxylic acid groups (broad SMARTS) is 2. The van der Waals surface area contributed by atoms with Gasteiger partial charge >= 0.3 is 11.9 Å². The lowest BCUT2D eigenvalue weighted by atomic mass is 10.1. The van der Waals surface area contributed by atoms with Gasteiger partial charge in [-0.25, -0.2) is 4.79 Å². The van der Waals surface area contributed by atoms with Crippen LogP contribution in [0.25, 0.3) is 5.57 Å². The molecule has 0 atom stereocenters. The van der Waals surface area contributed by atoms with Crippen molar-refractivity contribution >= 4 is 51.7 Å². The lowest BCUT2D eigenvalue weighted by molar-refractivity contribution is -0.140. The quantitative estimate of drug-likeness (QED) is 0.580. The van der Waals surface area contributed by atoms with E-state index in [1.54, 1.807) is 31.2 Å². The number of carbonyl (C=O) groups excluding carboxylic acids is 1. The Labute approximate surface area is 146 Å². The Balaban J connectivity index is 2.20. The summed E-state index contributed by atoms with van der Waals surface area (Å²) in [7, 11) is 0. The number of benzene rings is 1. The molecule has 7 nitrogen and oxygen atoms in total. The molecule has 1 aliphatic rings. The Kier molecular flexibility index (Phi) is 5.58. The molecule has 1 amide bonds. The molecule has 0 unspecified atom stereocenters. The number of ether oxygens (including phenoxy) is 1. The van der Waals surface area contributed by atoms with E-state index in [0.29, 0.717) is 16.2 Å². The van der Waals surface area contributed by atoms with Crippen LogP contribution < -0.4 is 4.74 Å². The molecule has 0 spiro atoms. The molecular weight excluding hydrogens is 354 g/mol. The first-order valence-electron chi connectivity index (χ1n) is 6.71. The summed E-state index contributed by atoms with van der Waals surface area (Å²) in [4.78, 5) is 35.0. The van der Waals surface area contributed by atoms with Crippen molar-refractivity contribution in [3.63, 3.8) is 0 Å².